The molecular formula is C12H15Cl2N3. The number of aromatic nitrogens is 2. The summed E-state index contributed by atoms with van der Waals surface area (Å²) >= 11 is 0. The Bertz CT molecular complexity index is 519. The molecule has 3 heterocycles. The Balaban J connectivity index is 0.000000722. The topological polar surface area (TPSA) is 40.7 Å². The smallest absolute Gasteiger partial charge is 0.137 e. The summed E-state index contributed by atoms with van der Waals surface area (Å²) in [6.45, 7) is 2.05. The van der Waals surface area contributed by atoms with Gasteiger partial charge in [0.05, 0.1) is 0 Å². The Kier molecular flexibility index (Phi) is 5.00. The number of nitrogens with zero attached hydrogens (tertiary/aromatic N) is 1. The molecule has 0 atom stereocenters. The van der Waals surface area contributed by atoms with E-state index in [1.807, 2.05) is 12.4 Å². The van der Waals surface area contributed by atoms with E-state index in [1.54, 1.807) is 0 Å². The van der Waals surface area contributed by atoms with Crippen molar-refractivity contribution in [3.05, 3.63) is 36.2 Å². The summed E-state index contributed by atoms with van der Waals surface area (Å²) in [5.74, 6) is 0. The van der Waals surface area contributed by atoms with Crippen LogP contribution in [-0.4, -0.2) is 23.1 Å². The minimum atomic E-state index is 0. The number of H-pyrrole nitrogens is 1. The van der Waals surface area contributed by atoms with Gasteiger partial charge in [0.25, 0.3) is 0 Å². The molecule has 92 valence electrons. The third-order valence-corrected chi connectivity index (χ3v) is 2.87. The zero-order valence-corrected chi connectivity index (χ0v) is 10.9. The summed E-state index contributed by atoms with van der Waals surface area (Å²) in [7, 11) is 0. The summed E-state index contributed by atoms with van der Waals surface area (Å²) in [6.07, 6.45) is 7.19. The maximum absolute atomic E-state index is 4.30. The van der Waals surface area contributed by atoms with Gasteiger partial charge in [-0.2, -0.15) is 0 Å². The Labute approximate surface area is 113 Å². The minimum Gasteiger partial charge on any atom is -0.346 e. The normalized spacial score (nSPS) is 14.7. The van der Waals surface area contributed by atoms with Crippen LogP contribution in [0.15, 0.2) is 30.6 Å². The van der Waals surface area contributed by atoms with Gasteiger partial charge in [-0.1, -0.05) is 6.08 Å². The Morgan fingerprint density at radius 1 is 1.18 bits per heavy atom. The first-order valence-corrected chi connectivity index (χ1v) is 5.27. The van der Waals surface area contributed by atoms with E-state index < -0.39 is 0 Å². The second kappa shape index (κ2) is 6.05. The second-order valence-electron chi connectivity index (χ2n) is 3.78. The van der Waals surface area contributed by atoms with E-state index in [2.05, 4.69) is 33.5 Å². The first-order chi connectivity index (χ1) is 7.45. The van der Waals surface area contributed by atoms with Crippen molar-refractivity contribution in [2.24, 2.45) is 0 Å². The molecule has 0 saturated carbocycles. The molecule has 2 aromatic heterocycles. The van der Waals surface area contributed by atoms with Crippen molar-refractivity contribution in [3.63, 3.8) is 0 Å². The van der Waals surface area contributed by atoms with Gasteiger partial charge in [0.1, 0.15) is 5.65 Å². The third kappa shape index (κ3) is 2.63. The average molecular weight is 272 g/mol. The summed E-state index contributed by atoms with van der Waals surface area (Å²) in [6, 6.07) is 4.20. The lowest BCUT2D eigenvalue weighted by atomic mass is 9.99. The van der Waals surface area contributed by atoms with Crippen molar-refractivity contribution in [1.82, 2.24) is 15.3 Å². The van der Waals surface area contributed by atoms with Crippen LogP contribution < -0.4 is 5.32 Å². The standard InChI is InChI=1S/C12H13N3.2ClH/c1-5-13-6-2-9(1)10-3-7-14-12-11(10)4-8-15-12;;/h1,3-4,7-8,13H,2,5-6H2,(H,14,15);2*1H. The number of hydrogen-bond acceptors (Lipinski definition) is 2. The van der Waals surface area contributed by atoms with Gasteiger partial charge in [-0.3, -0.25) is 0 Å². The van der Waals surface area contributed by atoms with E-state index in [0.717, 1.165) is 25.2 Å². The van der Waals surface area contributed by atoms with Crippen molar-refractivity contribution < 1.29 is 0 Å². The number of halogens is 2. The van der Waals surface area contributed by atoms with Gasteiger partial charge in [-0.25, -0.2) is 4.98 Å². The SMILES string of the molecule is C1=C(c2ccnc3[nH]ccc23)CCNC1.Cl.Cl. The molecular weight excluding hydrogens is 257 g/mol. The van der Waals surface area contributed by atoms with Crippen molar-refractivity contribution >= 4 is 41.4 Å². The zero-order chi connectivity index (χ0) is 10.1. The highest BCUT2D eigenvalue weighted by molar-refractivity contribution is 5.90. The zero-order valence-electron chi connectivity index (χ0n) is 9.27. The number of pyridine rings is 1. The van der Waals surface area contributed by atoms with Crippen molar-refractivity contribution in [2.45, 2.75) is 6.42 Å². The number of hydrogen-bond donors (Lipinski definition) is 2. The van der Waals surface area contributed by atoms with Gasteiger partial charge < -0.3 is 10.3 Å². The van der Waals surface area contributed by atoms with E-state index >= 15 is 0 Å². The molecule has 0 unspecified atom stereocenters. The highest BCUT2D eigenvalue weighted by atomic mass is 35.5. The lowest BCUT2D eigenvalue weighted by Crippen LogP contribution is -2.20. The second-order valence-corrected chi connectivity index (χ2v) is 3.78. The van der Waals surface area contributed by atoms with Gasteiger partial charge in [0, 0.05) is 24.3 Å². The molecule has 0 fully saturated rings. The van der Waals surface area contributed by atoms with E-state index in [9.17, 15) is 0 Å². The molecule has 0 amide bonds. The first kappa shape index (κ1) is 14.0. The van der Waals surface area contributed by atoms with Crippen LogP contribution in [-0.2, 0) is 0 Å². The first-order valence-electron chi connectivity index (χ1n) is 5.27. The van der Waals surface area contributed by atoms with Gasteiger partial charge in [0.2, 0.25) is 0 Å². The Morgan fingerprint density at radius 3 is 2.82 bits per heavy atom. The van der Waals surface area contributed by atoms with Gasteiger partial charge in [-0.05, 0) is 36.2 Å². The highest BCUT2D eigenvalue weighted by Crippen LogP contribution is 2.25. The van der Waals surface area contributed by atoms with E-state index in [0.29, 0.717) is 0 Å². The number of nitrogens with one attached hydrogen (secondary N) is 2. The molecule has 0 aromatic carbocycles. The summed E-state index contributed by atoms with van der Waals surface area (Å²) in [5.41, 5.74) is 3.73. The maximum Gasteiger partial charge on any atom is 0.137 e. The molecule has 17 heavy (non-hydrogen) atoms. The molecule has 3 rings (SSSR count). The molecule has 3 nitrogen and oxygen atoms in total. The van der Waals surface area contributed by atoms with Crippen molar-refractivity contribution in [3.8, 4) is 0 Å². The number of aromatic amines is 1. The largest absolute Gasteiger partial charge is 0.346 e. The lowest BCUT2D eigenvalue weighted by Gasteiger charge is -2.14. The fourth-order valence-corrected chi connectivity index (χ4v) is 2.11. The Morgan fingerprint density at radius 2 is 2.06 bits per heavy atom. The molecule has 0 radical (unpaired) electrons. The van der Waals surface area contributed by atoms with Gasteiger partial charge in [-0.15, -0.1) is 24.8 Å². The summed E-state index contributed by atoms with van der Waals surface area (Å²) in [4.78, 5) is 7.44. The monoisotopic (exact) mass is 271 g/mol. The third-order valence-electron chi connectivity index (χ3n) is 2.87. The van der Waals surface area contributed by atoms with Gasteiger partial charge >= 0.3 is 0 Å². The number of fused-ring (bicyclic) bond motifs is 1. The predicted molar refractivity (Wildman–Crippen MR) is 76.1 cm³/mol. The quantitative estimate of drug-likeness (QED) is 0.838. The molecule has 0 spiro atoms. The van der Waals surface area contributed by atoms with Crippen LogP contribution >= 0.6 is 24.8 Å². The van der Waals surface area contributed by atoms with Crippen LogP contribution in [0.5, 0.6) is 0 Å². The Hall–Kier alpha value is -1.03. The predicted octanol–water partition coefficient (Wildman–Crippen LogP) is 2.78. The molecule has 5 heteroatoms. The van der Waals surface area contributed by atoms with Crippen LogP contribution in [0.3, 0.4) is 0 Å². The molecule has 0 bridgehead atoms. The molecule has 1 aliphatic rings. The molecule has 2 N–H and O–H groups in total. The van der Waals surface area contributed by atoms with Crippen LogP contribution in [0, 0.1) is 0 Å². The van der Waals surface area contributed by atoms with Crippen LogP contribution in [0.2, 0.25) is 0 Å². The van der Waals surface area contributed by atoms with E-state index in [1.165, 1.54) is 16.5 Å². The molecule has 0 aliphatic carbocycles. The van der Waals surface area contributed by atoms with Crippen LogP contribution in [0.1, 0.15) is 12.0 Å². The van der Waals surface area contributed by atoms with Crippen molar-refractivity contribution in [2.75, 3.05) is 13.1 Å². The van der Waals surface area contributed by atoms with E-state index in [-0.39, 0.29) is 24.8 Å². The molecule has 0 saturated heterocycles. The summed E-state index contributed by atoms with van der Waals surface area (Å²) in [5, 5.41) is 4.55. The molecule has 2 aromatic rings. The van der Waals surface area contributed by atoms with Crippen LogP contribution in [0.25, 0.3) is 16.6 Å². The van der Waals surface area contributed by atoms with E-state index in [4.69, 9.17) is 0 Å². The fraction of sp³-hybridized carbons (Fsp3) is 0.250. The number of rotatable bonds is 1. The highest BCUT2D eigenvalue weighted by Gasteiger charge is 2.09. The summed E-state index contributed by atoms with van der Waals surface area (Å²) < 4.78 is 0. The minimum absolute atomic E-state index is 0. The lowest BCUT2D eigenvalue weighted by molar-refractivity contribution is 0.739. The van der Waals surface area contributed by atoms with Crippen molar-refractivity contribution in [1.29, 1.82) is 0 Å². The van der Waals surface area contributed by atoms with Gasteiger partial charge in [0.15, 0.2) is 0 Å². The van der Waals surface area contributed by atoms with Crippen LogP contribution in [0.4, 0.5) is 0 Å². The maximum atomic E-state index is 4.30. The fourth-order valence-electron chi connectivity index (χ4n) is 2.11. The molecule has 1 aliphatic heterocycles. The average Bonchev–Trinajstić information content (AvgIpc) is 2.78.